The van der Waals surface area contributed by atoms with E-state index in [4.69, 9.17) is 4.74 Å². The van der Waals surface area contributed by atoms with Crippen LogP contribution >= 0.6 is 43.6 Å². The molecule has 28 heavy (non-hydrogen) atoms. The fourth-order valence-corrected chi connectivity index (χ4v) is 4.19. The van der Waals surface area contributed by atoms with Crippen molar-refractivity contribution in [3.63, 3.8) is 0 Å². The van der Waals surface area contributed by atoms with Crippen LogP contribution in [0.1, 0.15) is 16.7 Å². The number of nitrogens with zero attached hydrogens (tertiary/aromatic N) is 1. The van der Waals surface area contributed by atoms with E-state index in [9.17, 15) is 4.79 Å². The second-order valence-electron chi connectivity index (χ2n) is 6.16. The van der Waals surface area contributed by atoms with Crippen molar-refractivity contribution in [2.24, 2.45) is 4.99 Å². The van der Waals surface area contributed by atoms with Crippen LogP contribution in [0.15, 0.2) is 61.8 Å². The molecule has 1 aliphatic rings. The fraction of sp³-hybridized carbons (Fsp3) is 0.143. The number of amides is 1. The zero-order chi connectivity index (χ0) is 20.3. The second kappa shape index (κ2) is 9.11. The summed E-state index contributed by atoms with van der Waals surface area (Å²) >= 11 is 8.38. The Morgan fingerprint density at radius 3 is 2.57 bits per heavy atom. The maximum absolute atomic E-state index is 12.3. The average molecular weight is 522 g/mol. The molecule has 0 unspecified atom stereocenters. The molecule has 1 N–H and O–H groups in total. The third kappa shape index (κ3) is 4.96. The Morgan fingerprint density at radius 1 is 1.21 bits per heavy atom. The van der Waals surface area contributed by atoms with Crippen molar-refractivity contribution in [2.45, 2.75) is 13.8 Å². The van der Waals surface area contributed by atoms with Crippen molar-refractivity contribution >= 4 is 66.5 Å². The summed E-state index contributed by atoms with van der Waals surface area (Å²) in [4.78, 5) is 17.5. The van der Waals surface area contributed by atoms with Gasteiger partial charge < -0.3 is 10.1 Å². The van der Waals surface area contributed by atoms with Gasteiger partial charge in [0.15, 0.2) is 5.17 Å². The van der Waals surface area contributed by atoms with Crippen molar-refractivity contribution < 1.29 is 9.53 Å². The Balaban J connectivity index is 1.81. The standard InChI is InChI=1S/C21H18Br2N2O2S/c1-4-7-27-17-6-5-14(10-16(17)22)11-18-20(26)25-21(28-18)24-15-8-12(2)19(23)13(3)9-15/h4-6,8-11H,1,7H2,2-3H3,(H,24,25,26)/b18-11-. The van der Waals surface area contributed by atoms with Gasteiger partial charge in [-0.2, -0.15) is 0 Å². The summed E-state index contributed by atoms with van der Waals surface area (Å²) in [6, 6.07) is 9.64. The summed E-state index contributed by atoms with van der Waals surface area (Å²) in [5.74, 6) is 0.575. The van der Waals surface area contributed by atoms with Crippen LogP contribution in [0.4, 0.5) is 5.69 Å². The van der Waals surface area contributed by atoms with Gasteiger partial charge in [0.2, 0.25) is 0 Å². The highest BCUT2D eigenvalue weighted by Crippen LogP contribution is 2.32. The monoisotopic (exact) mass is 520 g/mol. The predicted molar refractivity (Wildman–Crippen MR) is 124 cm³/mol. The Kier molecular flexibility index (Phi) is 6.80. The number of hydrogen-bond donors (Lipinski definition) is 1. The van der Waals surface area contributed by atoms with Gasteiger partial charge in [-0.3, -0.25) is 4.79 Å². The maximum Gasteiger partial charge on any atom is 0.264 e. The first kappa shape index (κ1) is 20.9. The normalized spacial score (nSPS) is 16.5. The number of benzene rings is 2. The number of carbonyl (C=O) groups is 1. The Hall–Kier alpha value is -1.83. The molecular formula is C21H18Br2N2O2S. The van der Waals surface area contributed by atoms with Crippen molar-refractivity contribution in [1.29, 1.82) is 0 Å². The molecule has 0 radical (unpaired) electrons. The highest BCUT2D eigenvalue weighted by atomic mass is 79.9. The van der Waals surface area contributed by atoms with Crippen LogP contribution < -0.4 is 10.1 Å². The summed E-state index contributed by atoms with van der Waals surface area (Å²) in [6.07, 6.45) is 3.53. The van der Waals surface area contributed by atoms with Crippen molar-refractivity contribution in [3.05, 3.63) is 73.5 Å². The van der Waals surface area contributed by atoms with Gasteiger partial charge in [-0.1, -0.05) is 34.7 Å². The lowest BCUT2D eigenvalue weighted by Crippen LogP contribution is -2.19. The molecule has 2 aromatic carbocycles. The van der Waals surface area contributed by atoms with Gasteiger partial charge in [-0.05, 0) is 88.6 Å². The first-order chi connectivity index (χ1) is 13.4. The van der Waals surface area contributed by atoms with E-state index in [0.29, 0.717) is 16.7 Å². The van der Waals surface area contributed by atoms with Gasteiger partial charge in [-0.15, -0.1) is 0 Å². The van der Waals surface area contributed by atoms with Crippen LogP contribution in [0.25, 0.3) is 6.08 Å². The number of hydrogen-bond acceptors (Lipinski definition) is 4. The van der Waals surface area contributed by atoms with E-state index >= 15 is 0 Å². The SMILES string of the molecule is C=CCOc1ccc(/C=C2\SC(=Nc3cc(C)c(Br)c(C)c3)NC2=O)cc1Br. The van der Waals surface area contributed by atoms with E-state index in [-0.39, 0.29) is 5.91 Å². The van der Waals surface area contributed by atoms with Gasteiger partial charge in [0.25, 0.3) is 5.91 Å². The number of halogens is 2. The molecule has 1 heterocycles. The molecule has 7 heteroatoms. The number of amidine groups is 1. The lowest BCUT2D eigenvalue weighted by atomic mass is 10.1. The molecule has 0 bridgehead atoms. The van der Waals surface area contributed by atoms with Crippen molar-refractivity contribution in [2.75, 3.05) is 6.61 Å². The van der Waals surface area contributed by atoms with Crippen LogP contribution in [0.5, 0.6) is 5.75 Å². The lowest BCUT2D eigenvalue weighted by Gasteiger charge is -2.06. The summed E-state index contributed by atoms with van der Waals surface area (Å²) in [6.45, 7) is 8.12. The highest BCUT2D eigenvalue weighted by Gasteiger charge is 2.24. The third-order valence-electron chi connectivity index (χ3n) is 3.91. The number of aliphatic imine (C=N–C) groups is 1. The zero-order valence-corrected chi connectivity index (χ0v) is 19.4. The molecule has 144 valence electrons. The van der Waals surface area contributed by atoms with Gasteiger partial charge in [0, 0.05) is 4.47 Å². The van der Waals surface area contributed by atoms with Crippen molar-refractivity contribution in [1.82, 2.24) is 5.32 Å². The highest BCUT2D eigenvalue weighted by molar-refractivity contribution is 9.10. The summed E-state index contributed by atoms with van der Waals surface area (Å²) in [5.41, 5.74) is 3.92. The maximum atomic E-state index is 12.3. The molecule has 0 aliphatic carbocycles. The third-order valence-corrected chi connectivity index (χ3v) is 6.69. The molecule has 1 amide bonds. The minimum absolute atomic E-state index is 0.155. The van der Waals surface area contributed by atoms with E-state index in [0.717, 1.165) is 37.1 Å². The first-order valence-corrected chi connectivity index (χ1v) is 10.9. The van der Waals surface area contributed by atoms with E-state index < -0.39 is 0 Å². The number of ether oxygens (including phenoxy) is 1. The quantitative estimate of drug-likeness (QED) is 0.372. The molecule has 1 saturated heterocycles. The molecule has 1 fully saturated rings. The van der Waals surface area contributed by atoms with Crippen LogP contribution in [0, 0.1) is 13.8 Å². The molecule has 1 aliphatic heterocycles. The Labute approximate surface area is 185 Å². The predicted octanol–water partition coefficient (Wildman–Crippen LogP) is 6.28. The summed E-state index contributed by atoms with van der Waals surface area (Å²) in [7, 11) is 0. The summed E-state index contributed by atoms with van der Waals surface area (Å²) in [5, 5.41) is 3.40. The zero-order valence-electron chi connectivity index (χ0n) is 15.4. The number of rotatable bonds is 5. The van der Waals surface area contributed by atoms with E-state index in [2.05, 4.69) is 48.7 Å². The molecule has 0 saturated carbocycles. The Morgan fingerprint density at radius 2 is 1.93 bits per heavy atom. The molecule has 4 nitrogen and oxygen atoms in total. The fourth-order valence-electron chi connectivity index (χ4n) is 2.61. The molecule has 2 aromatic rings. The topological polar surface area (TPSA) is 50.7 Å². The number of aryl methyl sites for hydroxylation is 2. The largest absolute Gasteiger partial charge is 0.488 e. The van der Waals surface area contributed by atoms with Crippen LogP contribution in [-0.2, 0) is 4.79 Å². The van der Waals surface area contributed by atoms with E-state index in [1.165, 1.54) is 11.8 Å². The van der Waals surface area contributed by atoms with Crippen LogP contribution in [0.3, 0.4) is 0 Å². The van der Waals surface area contributed by atoms with Gasteiger partial charge in [0.1, 0.15) is 12.4 Å². The molecule has 0 spiro atoms. The Bertz CT molecular complexity index is 992. The molecule has 3 rings (SSSR count). The molecule has 0 atom stereocenters. The lowest BCUT2D eigenvalue weighted by molar-refractivity contribution is -0.115. The number of nitrogens with one attached hydrogen (secondary N) is 1. The minimum atomic E-state index is -0.155. The van der Waals surface area contributed by atoms with Gasteiger partial charge in [-0.25, -0.2) is 4.99 Å². The first-order valence-electron chi connectivity index (χ1n) is 8.47. The van der Waals surface area contributed by atoms with Gasteiger partial charge >= 0.3 is 0 Å². The number of carbonyl (C=O) groups excluding carboxylic acids is 1. The van der Waals surface area contributed by atoms with Crippen LogP contribution in [-0.4, -0.2) is 17.7 Å². The molecule has 0 aromatic heterocycles. The smallest absolute Gasteiger partial charge is 0.264 e. The minimum Gasteiger partial charge on any atom is -0.488 e. The summed E-state index contributed by atoms with van der Waals surface area (Å²) < 4.78 is 7.45. The second-order valence-corrected chi connectivity index (χ2v) is 8.84. The molecular weight excluding hydrogens is 504 g/mol. The van der Waals surface area contributed by atoms with E-state index in [1.54, 1.807) is 6.08 Å². The van der Waals surface area contributed by atoms with Gasteiger partial charge in [0.05, 0.1) is 15.1 Å². The average Bonchev–Trinajstić information content (AvgIpc) is 2.98. The van der Waals surface area contributed by atoms with Crippen molar-refractivity contribution in [3.8, 4) is 5.75 Å². The van der Waals surface area contributed by atoms with E-state index in [1.807, 2.05) is 50.3 Å². The number of thioether (sulfide) groups is 1. The van der Waals surface area contributed by atoms with Crippen LogP contribution in [0.2, 0.25) is 0 Å².